The second-order valence-corrected chi connectivity index (χ2v) is 4.83. The van der Waals surface area contributed by atoms with Gasteiger partial charge in [0.1, 0.15) is 6.04 Å². The summed E-state index contributed by atoms with van der Waals surface area (Å²) in [6, 6.07) is 3.88. The van der Waals surface area contributed by atoms with Crippen molar-refractivity contribution < 1.29 is 34.1 Å². The van der Waals surface area contributed by atoms with Crippen molar-refractivity contribution in [2.75, 3.05) is 6.79 Å². The van der Waals surface area contributed by atoms with E-state index in [9.17, 15) is 14.4 Å². The van der Waals surface area contributed by atoms with Crippen LogP contribution in [0.15, 0.2) is 36.4 Å². The molecule has 0 bridgehead atoms. The van der Waals surface area contributed by atoms with Gasteiger partial charge in [0.05, 0.1) is 6.42 Å². The number of benzene rings is 1. The predicted molar refractivity (Wildman–Crippen MR) is 82.6 cm³/mol. The summed E-state index contributed by atoms with van der Waals surface area (Å²) in [6.07, 6.45) is 5.14. The summed E-state index contributed by atoms with van der Waals surface area (Å²) in [5, 5.41) is 19.5. The Morgan fingerprint density at radius 2 is 1.92 bits per heavy atom. The molecule has 1 aliphatic heterocycles. The van der Waals surface area contributed by atoms with Crippen molar-refractivity contribution in [2.45, 2.75) is 12.5 Å². The first-order chi connectivity index (χ1) is 11.5. The highest BCUT2D eigenvalue weighted by Crippen LogP contribution is 2.32. The fourth-order valence-corrected chi connectivity index (χ4v) is 1.92. The number of carbonyl (C=O) groups excluding carboxylic acids is 1. The molecule has 1 aromatic rings. The van der Waals surface area contributed by atoms with E-state index in [0.29, 0.717) is 11.5 Å². The molecule has 0 spiro atoms. The van der Waals surface area contributed by atoms with Gasteiger partial charge in [-0.05, 0) is 17.7 Å². The minimum atomic E-state index is -1.47. The Labute approximate surface area is 137 Å². The van der Waals surface area contributed by atoms with Gasteiger partial charge in [0.25, 0.3) is 0 Å². The molecule has 1 aromatic carbocycles. The fraction of sp³-hybridized carbons (Fsp3) is 0.188. The van der Waals surface area contributed by atoms with Crippen LogP contribution >= 0.6 is 0 Å². The summed E-state index contributed by atoms with van der Waals surface area (Å²) < 4.78 is 10.4. The number of aliphatic carboxylic acids is 2. The van der Waals surface area contributed by atoms with Gasteiger partial charge in [-0.25, -0.2) is 4.79 Å². The molecule has 0 aliphatic carbocycles. The van der Waals surface area contributed by atoms with E-state index in [1.807, 2.05) is 6.07 Å². The summed E-state index contributed by atoms with van der Waals surface area (Å²) in [5.74, 6) is -2.11. The third-order valence-electron chi connectivity index (χ3n) is 3.04. The number of hydrogen-bond acceptors (Lipinski definition) is 5. The molecule has 0 saturated heterocycles. The number of carboxylic acids is 2. The van der Waals surface area contributed by atoms with Crippen LogP contribution in [0.4, 0.5) is 0 Å². The molecule has 1 amide bonds. The van der Waals surface area contributed by atoms with Gasteiger partial charge in [0.2, 0.25) is 12.7 Å². The van der Waals surface area contributed by atoms with Crippen molar-refractivity contribution in [3.63, 3.8) is 0 Å². The van der Waals surface area contributed by atoms with Gasteiger partial charge >= 0.3 is 11.9 Å². The molecule has 0 unspecified atom stereocenters. The van der Waals surface area contributed by atoms with Crippen molar-refractivity contribution >= 4 is 23.9 Å². The number of nitrogens with one attached hydrogen (secondary N) is 1. The first-order valence-corrected chi connectivity index (χ1v) is 6.95. The van der Waals surface area contributed by atoms with Crippen molar-refractivity contribution in [3.05, 3.63) is 42.0 Å². The standard InChI is InChI=1S/C16H15NO7/c18-14(17-11(16(21)22)8-15(19)20)4-2-1-3-10-5-6-12-13(7-10)24-9-23-12/h1-7,11H,8-9H2,(H,17,18)(H,19,20)(H,21,22)/b3-1+,4-2+/t11-/m0/s1. The van der Waals surface area contributed by atoms with E-state index in [-0.39, 0.29) is 6.79 Å². The van der Waals surface area contributed by atoms with Crippen LogP contribution in [-0.4, -0.2) is 40.9 Å². The number of amides is 1. The SMILES string of the molecule is O=C(O)C[C@H](NC(=O)/C=C/C=C/c1ccc2c(c1)OCO2)C(=O)O. The largest absolute Gasteiger partial charge is 0.481 e. The maximum Gasteiger partial charge on any atom is 0.326 e. The van der Waals surface area contributed by atoms with E-state index in [1.54, 1.807) is 24.3 Å². The normalized spacial score (nSPS) is 14.0. The minimum absolute atomic E-state index is 0.184. The second kappa shape index (κ2) is 7.82. The minimum Gasteiger partial charge on any atom is -0.481 e. The van der Waals surface area contributed by atoms with Gasteiger partial charge in [0.15, 0.2) is 11.5 Å². The molecular weight excluding hydrogens is 318 g/mol. The zero-order valence-corrected chi connectivity index (χ0v) is 12.5. The van der Waals surface area contributed by atoms with Gasteiger partial charge in [-0.2, -0.15) is 0 Å². The number of rotatable bonds is 7. The van der Waals surface area contributed by atoms with Crippen LogP contribution in [0.5, 0.6) is 11.5 Å². The molecule has 24 heavy (non-hydrogen) atoms. The maximum absolute atomic E-state index is 11.6. The zero-order valence-electron chi connectivity index (χ0n) is 12.5. The lowest BCUT2D eigenvalue weighted by Crippen LogP contribution is -2.41. The number of carbonyl (C=O) groups is 3. The first-order valence-electron chi connectivity index (χ1n) is 6.95. The van der Waals surface area contributed by atoms with E-state index in [2.05, 4.69) is 5.32 Å². The average molecular weight is 333 g/mol. The fourth-order valence-electron chi connectivity index (χ4n) is 1.92. The predicted octanol–water partition coefficient (Wildman–Crippen LogP) is 1.03. The number of carboxylic acid groups (broad SMARTS) is 2. The van der Waals surface area contributed by atoms with Crippen molar-refractivity contribution in [1.82, 2.24) is 5.32 Å². The van der Waals surface area contributed by atoms with Crippen molar-refractivity contribution in [3.8, 4) is 11.5 Å². The molecule has 3 N–H and O–H groups in total. The van der Waals surface area contributed by atoms with Crippen LogP contribution in [0.3, 0.4) is 0 Å². The number of allylic oxidation sites excluding steroid dienone is 2. The molecule has 0 radical (unpaired) electrons. The monoisotopic (exact) mass is 333 g/mol. The van der Waals surface area contributed by atoms with Crippen LogP contribution in [0, 0.1) is 0 Å². The molecule has 0 aromatic heterocycles. The zero-order chi connectivity index (χ0) is 17.5. The van der Waals surface area contributed by atoms with Crippen LogP contribution in [0.25, 0.3) is 6.08 Å². The van der Waals surface area contributed by atoms with Crippen molar-refractivity contribution in [2.24, 2.45) is 0 Å². The molecule has 1 heterocycles. The smallest absolute Gasteiger partial charge is 0.326 e. The lowest BCUT2D eigenvalue weighted by molar-refractivity contribution is -0.146. The van der Waals surface area contributed by atoms with Gasteiger partial charge in [-0.3, -0.25) is 9.59 Å². The average Bonchev–Trinajstić information content (AvgIpc) is 2.98. The van der Waals surface area contributed by atoms with Crippen LogP contribution < -0.4 is 14.8 Å². The number of ether oxygens (including phenoxy) is 2. The Morgan fingerprint density at radius 1 is 1.17 bits per heavy atom. The van der Waals surface area contributed by atoms with Gasteiger partial charge in [-0.1, -0.05) is 24.3 Å². The van der Waals surface area contributed by atoms with E-state index in [0.717, 1.165) is 11.6 Å². The Hall–Kier alpha value is -3.29. The quantitative estimate of drug-likeness (QED) is 0.503. The highest BCUT2D eigenvalue weighted by Gasteiger charge is 2.21. The van der Waals surface area contributed by atoms with E-state index in [1.165, 1.54) is 6.08 Å². The van der Waals surface area contributed by atoms with Gasteiger partial charge < -0.3 is 25.0 Å². The Morgan fingerprint density at radius 3 is 2.62 bits per heavy atom. The highest BCUT2D eigenvalue weighted by atomic mass is 16.7. The summed E-state index contributed by atoms with van der Waals surface area (Å²) in [4.78, 5) is 33.0. The molecule has 1 atom stereocenters. The van der Waals surface area contributed by atoms with E-state index < -0.39 is 30.3 Å². The Kier molecular flexibility index (Phi) is 5.56. The summed E-state index contributed by atoms with van der Waals surface area (Å²) in [5.41, 5.74) is 0.832. The summed E-state index contributed by atoms with van der Waals surface area (Å²) in [6.45, 7) is 0.184. The van der Waals surface area contributed by atoms with Gasteiger partial charge in [-0.15, -0.1) is 0 Å². The van der Waals surface area contributed by atoms with E-state index in [4.69, 9.17) is 19.7 Å². The van der Waals surface area contributed by atoms with Crippen LogP contribution in [-0.2, 0) is 14.4 Å². The van der Waals surface area contributed by atoms with Crippen LogP contribution in [0.2, 0.25) is 0 Å². The van der Waals surface area contributed by atoms with Crippen molar-refractivity contribution in [1.29, 1.82) is 0 Å². The second-order valence-electron chi connectivity index (χ2n) is 4.83. The van der Waals surface area contributed by atoms with Gasteiger partial charge in [0, 0.05) is 6.08 Å². The Bertz CT molecular complexity index is 708. The number of fused-ring (bicyclic) bond motifs is 1. The molecular formula is C16H15NO7. The Balaban J connectivity index is 1.89. The molecule has 1 aliphatic rings. The first kappa shape index (κ1) is 17.1. The summed E-state index contributed by atoms with van der Waals surface area (Å²) >= 11 is 0. The molecule has 126 valence electrons. The molecule has 8 nitrogen and oxygen atoms in total. The number of hydrogen-bond donors (Lipinski definition) is 3. The summed E-state index contributed by atoms with van der Waals surface area (Å²) in [7, 11) is 0. The molecule has 8 heteroatoms. The molecule has 0 saturated carbocycles. The topological polar surface area (TPSA) is 122 Å². The molecule has 2 rings (SSSR count). The van der Waals surface area contributed by atoms with E-state index >= 15 is 0 Å². The maximum atomic E-state index is 11.6. The third kappa shape index (κ3) is 4.87. The molecule has 0 fully saturated rings. The lowest BCUT2D eigenvalue weighted by atomic mass is 10.2. The third-order valence-corrected chi connectivity index (χ3v) is 3.04. The lowest BCUT2D eigenvalue weighted by Gasteiger charge is -2.09. The van der Waals surface area contributed by atoms with Crippen LogP contribution in [0.1, 0.15) is 12.0 Å². The highest BCUT2D eigenvalue weighted by molar-refractivity contribution is 5.92.